The van der Waals surface area contributed by atoms with E-state index in [2.05, 4.69) is 23.7 Å². The minimum absolute atomic E-state index is 0.159. The Morgan fingerprint density at radius 3 is 2.83 bits per heavy atom. The summed E-state index contributed by atoms with van der Waals surface area (Å²) in [6.45, 7) is 2.54. The van der Waals surface area contributed by atoms with Crippen molar-refractivity contribution in [2.45, 2.75) is 45.1 Å². The summed E-state index contributed by atoms with van der Waals surface area (Å²) in [6.07, 6.45) is 5.06. The van der Waals surface area contributed by atoms with Gasteiger partial charge in [-0.15, -0.1) is 11.3 Å². The molecule has 1 fully saturated rings. The number of hydrogen-bond donors (Lipinski definition) is 2. The highest BCUT2D eigenvalue weighted by Crippen LogP contribution is 2.37. The first kappa shape index (κ1) is 13.6. The van der Waals surface area contributed by atoms with Gasteiger partial charge in [-0.2, -0.15) is 0 Å². The number of carbonyl (C=O) groups is 1. The van der Waals surface area contributed by atoms with Gasteiger partial charge in [0.15, 0.2) is 0 Å². The van der Waals surface area contributed by atoms with Gasteiger partial charge in [-0.05, 0) is 31.2 Å². The van der Waals surface area contributed by atoms with Crippen LogP contribution in [0.25, 0.3) is 0 Å². The summed E-state index contributed by atoms with van der Waals surface area (Å²) in [5.41, 5.74) is 5.53. The topological polar surface area (TPSA) is 55.1 Å². The normalized spacial score (nSPS) is 19.7. The molecule has 1 heterocycles. The molecule has 3 nitrogen and oxygen atoms in total. The fourth-order valence-corrected chi connectivity index (χ4v) is 3.57. The second-order valence-corrected chi connectivity index (χ2v) is 6.38. The van der Waals surface area contributed by atoms with Gasteiger partial charge in [-0.1, -0.05) is 18.9 Å². The van der Waals surface area contributed by atoms with E-state index in [1.807, 2.05) is 6.07 Å². The van der Waals surface area contributed by atoms with E-state index in [0.29, 0.717) is 6.54 Å². The highest BCUT2D eigenvalue weighted by molar-refractivity contribution is 7.09. The Morgan fingerprint density at radius 1 is 1.56 bits per heavy atom. The molecule has 2 rings (SSSR count). The summed E-state index contributed by atoms with van der Waals surface area (Å²) in [6, 6.07) is 4.34. The Morgan fingerprint density at radius 2 is 2.28 bits per heavy atom. The van der Waals surface area contributed by atoms with Crippen molar-refractivity contribution >= 4 is 17.2 Å². The molecule has 18 heavy (non-hydrogen) atoms. The smallest absolute Gasteiger partial charge is 0.227 e. The standard InChI is InChI=1S/C14H22N2OS/c1-11(9-12-5-4-8-18-12)16-13(17)14(10-15)6-2-3-7-14/h4-5,8,11H,2-3,6-7,9-10,15H2,1H3,(H,16,17). The zero-order chi connectivity index (χ0) is 13.0. The molecule has 100 valence electrons. The number of rotatable bonds is 5. The van der Waals surface area contributed by atoms with Crippen LogP contribution in [0.15, 0.2) is 17.5 Å². The summed E-state index contributed by atoms with van der Waals surface area (Å²) in [7, 11) is 0. The lowest BCUT2D eigenvalue weighted by atomic mass is 9.85. The molecule has 0 radical (unpaired) electrons. The zero-order valence-corrected chi connectivity index (χ0v) is 11.8. The molecule has 3 N–H and O–H groups in total. The van der Waals surface area contributed by atoms with Gasteiger partial charge in [0.1, 0.15) is 0 Å². The van der Waals surface area contributed by atoms with Crippen LogP contribution in [0, 0.1) is 5.41 Å². The van der Waals surface area contributed by atoms with Crippen LogP contribution in [0.3, 0.4) is 0 Å². The van der Waals surface area contributed by atoms with E-state index in [4.69, 9.17) is 5.73 Å². The van der Waals surface area contributed by atoms with Crippen molar-refractivity contribution in [2.24, 2.45) is 11.1 Å². The van der Waals surface area contributed by atoms with Gasteiger partial charge in [-0.3, -0.25) is 4.79 Å². The molecule has 1 aliphatic rings. The summed E-state index contributed by atoms with van der Waals surface area (Å²) < 4.78 is 0. The average Bonchev–Trinajstić information content (AvgIpc) is 2.99. The summed E-state index contributed by atoms with van der Waals surface area (Å²) in [5, 5.41) is 5.21. The summed E-state index contributed by atoms with van der Waals surface area (Å²) >= 11 is 1.74. The number of thiophene rings is 1. The lowest BCUT2D eigenvalue weighted by molar-refractivity contribution is -0.130. The van der Waals surface area contributed by atoms with Crippen LogP contribution in [0.1, 0.15) is 37.5 Å². The zero-order valence-electron chi connectivity index (χ0n) is 10.9. The van der Waals surface area contributed by atoms with E-state index in [9.17, 15) is 4.79 Å². The molecular weight excluding hydrogens is 244 g/mol. The van der Waals surface area contributed by atoms with Crippen molar-refractivity contribution in [3.8, 4) is 0 Å². The maximum absolute atomic E-state index is 12.3. The summed E-state index contributed by atoms with van der Waals surface area (Å²) in [4.78, 5) is 13.7. The second kappa shape index (κ2) is 5.85. The molecule has 1 aromatic rings. The van der Waals surface area contributed by atoms with Gasteiger partial charge >= 0.3 is 0 Å². The van der Waals surface area contributed by atoms with Crippen molar-refractivity contribution in [3.05, 3.63) is 22.4 Å². The van der Waals surface area contributed by atoms with Gasteiger partial charge in [0.05, 0.1) is 5.41 Å². The molecule has 1 saturated carbocycles. The first-order chi connectivity index (χ1) is 8.66. The van der Waals surface area contributed by atoms with Crippen LogP contribution in [0.2, 0.25) is 0 Å². The minimum Gasteiger partial charge on any atom is -0.353 e. The van der Waals surface area contributed by atoms with Gasteiger partial charge in [0.25, 0.3) is 0 Å². The minimum atomic E-state index is -0.288. The molecule has 1 aromatic heterocycles. The molecule has 1 unspecified atom stereocenters. The first-order valence-corrected chi connectivity index (χ1v) is 7.58. The molecular formula is C14H22N2OS. The highest BCUT2D eigenvalue weighted by Gasteiger charge is 2.40. The molecule has 0 saturated heterocycles. The van der Waals surface area contributed by atoms with Gasteiger partial charge in [0, 0.05) is 23.9 Å². The Labute approximate surface area is 113 Å². The van der Waals surface area contributed by atoms with Crippen molar-refractivity contribution in [1.29, 1.82) is 0 Å². The number of hydrogen-bond acceptors (Lipinski definition) is 3. The third kappa shape index (κ3) is 2.93. The van der Waals surface area contributed by atoms with Gasteiger partial charge < -0.3 is 11.1 Å². The van der Waals surface area contributed by atoms with Gasteiger partial charge in [0.2, 0.25) is 5.91 Å². The maximum Gasteiger partial charge on any atom is 0.227 e. The van der Waals surface area contributed by atoms with Crippen molar-refractivity contribution in [3.63, 3.8) is 0 Å². The molecule has 1 atom stereocenters. The fourth-order valence-electron chi connectivity index (χ4n) is 2.73. The van der Waals surface area contributed by atoms with Crippen LogP contribution in [-0.4, -0.2) is 18.5 Å². The quantitative estimate of drug-likeness (QED) is 0.859. The number of carbonyl (C=O) groups excluding carboxylic acids is 1. The third-order valence-corrected chi connectivity index (χ3v) is 4.80. The number of amides is 1. The van der Waals surface area contributed by atoms with Crippen LogP contribution in [-0.2, 0) is 11.2 Å². The van der Waals surface area contributed by atoms with E-state index >= 15 is 0 Å². The van der Waals surface area contributed by atoms with Crippen molar-refractivity contribution in [1.82, 2.24) is 5.32 Å². The Kier molecular flexibility index (Phi) is 4.40. The van der Waals surface area contributed by atoms with E-state index in [0.717, 1.165) is 32.1 Å². The van der Waals surface area contributed by atoms with E-state index in [1.54, 1.807) is 11.3 Å². The van der Waals surface area contributed by atoms with Crippen molar-refractivity contribution in [2.75, 3.05) is 6.54 Å². The fraction of sp³-hybridized carbons (Fsp3) is 0.643. The first-order valence-electron chi connectivity index (χ1n) is 6.70. The van der Waals surface area contributed by atoms with E-state index in [1.165, 1.54) is 4.88 Å². The summed E-state index contributed by atoms with van der Waals surface area (Å²) in [5.74, 6) is 0.159. The van der Waals surface area contributed by atoms with Gasteiger partial charge in [-0.25, -0.2) is 0 Å². The molecule has 0 aromatic carbocycles. The van der Waals surface area contributed by atoms with Crippen LogP contribution in [0.5, 0.6) is 0 Å². The SMILES string of the molecule is CC(Cc1cccs1)NC(=O)C1(CN)CCCC1. The predicted molar refractivity (Wildman–Crippen MR) is 75.6 cm³/mol. The van der Waals surface area contributed by atoms with Crippen molar-refractivity contribution < 1.29 is 4.79 Å². The second-order valence-electron chi connectivity index (χ2n) is 5.35. The Balaban J connectivity index is 1.90. The monoisotopic (exact) mass is 266 g/mol. The lowest BCUT2D eigenvalue weighted by Gasteiger charge is -2.27. The largest absolute Gasteiger partial charge is 0.353 e. The molecule has 1 amide bonds. The molecule has 4 heteroatoms. The maximum atomic E-state index is 12.3. The van der Waals surface area contributed by atoms with Crippen LogP contribution >= 0.6 is 11.3 Å². The molecule has 0 spiro atoms. The Hall–Kier alpha value is -0.870. The average molecular weight is 266 g/mol. The molecule has 0 aliphatic heterocycles. The van der Waals surface area contributed by atoms with E-state index in [-0.39, 0.29) is 17.4 Å². The molecule has 1 aliphatic carbocycles. The predicted octanol–water partition coefficient (Wildman–Crippen LogP) is 2.31. The van der Waals surface area contributed by atoms with E-state index < -0.39 is 0 Å². The van der Waals surface area contributed by atoms with Crippen LogP contribution in [0.4, 0.5) is 0 Å². The highest BCUT2D eigenvalue weighted by atomic mass is 32.1. The number of nitrogens with two attached hydrogens (primary N) is 1. The number of nitrogens with one attached hydrogen (secondary N) is 1. The lowest BCUT2D eigenvalue weighted by Crippen LogP contribution is -2.47. The Bertz CT molecular complexity index is 383. The van der Waals surface area contributed by atoms with Crippen LogP contribution < -0.4 is 11.1 Å². The third-order valence-electron chi connectivity index (χ3n) is 3.90. The molecule has 0 bridgehead atoms.